The molecule has 1 atom stereocenters. The van der Waals surface area contributed by atoms with Crippen molar-refractivity contribution in [2.24, 2.45) is 0 Å². The maximum atomic E-state index is 12.8. The van der Waals surface area contributed by atoms with Crippen LogP contribution in [0.1, 0.15) is 25.8 Å². The van der Waals surface area contributed by atoms with Gasteiger partial charge in [-0.25, -0.2) is 4.68 Å². The van der Waals surface area contributed by atoms with Crippen LogP contribution in [0.2, 0.25) is 5.02 Å². The molecular weight excluding hydrogens is 322 g/mol. The van der Waals surface area contributed by atoms with Gasteiger partial charge in [0.25, 0.3) is 0 Å². The van der Waals surface area contributed by atoms with Crippen LogP contribution >= 0.6 is 11.6 Å². The third-order valence-corrected chi connectivity index (χ3v) is 4.91. The van der Waals surface area contributed by atoms with Crippen LogP contribution in [0.25, 0.3) is 10.9 Å². The fraction of sp³-hybridized carbons (Fsp3) is 0.263. The van der Waals surface area contributed by atoms with Crippen LogP contribution in [-0.4, -0.2) is 22.6 Å². The van der Waals surface area contributed by atoms with Gasteiger partial charge in [-0.3, -0.25) is 4.79 Å². The minimum Gasteiger partial charge on any atom is -0.388 e. The number of aromatic nitrogens is 2. The highest BCUT2D eigenvalue weighted by Crippen LogP contribution is 2.35. The third kappa shape index (κ3) is 2.38. The Morgan fingerprint density at radius 3 is 2.54 bits per heavy atom. The van der Waals surface area contributed by atoms with E-state index in [4.69, 9.17) is 11.6 Å². The predicted molar refractivity (Wildman–Crippen MR) is 98.8 cm³/mol. The van der Waals surface area contributed by atoms with Crippen molar-refractivity contribution in [3.63, 3.8) is 0 Å². The summed E-state index contributed by atoms with van der Waals surface area (Å²) >= 11 is 6.03. The number of Topliss-reactive ketones (excluding diaryl/α,β-unsaturated/α-hetero) is 1. The zero-order valence-corrected chi connectivity index (χ0v) is 14.8. The molecule has 0 aliphatic rings. The van der Waals surface area contributed by atoms with E-state index < -0.39 is 5.54 Å². The fourth-order valence-electron chi connectivity index (χ4n) is 3.38. The number of hydrogen-bond donors (Lipinski definition) is 1. The summed E-state index contributed by atoms with van der Waals surface area (Å²) in [4.78, 5) is 12.8. The highest BCUT2D eigenvalue weighted by Gasteiger charge is 2.39. The van der Waals surface area contributed by atoms with Crippen LogP contribution in [0, 0.1) is 0 Å². The van der Waals surface area contributed by atoms with Gasteiger partial charge < -0.3 is 5.32 Å². The molecule has 0 spiro atoms. The Morgan fingerprint density at radius 1 is 1.25 bits per heavy atom. The van der Waals surface area contributed by atoms with Crippen molar-refractivity contribution in [1.29, 1.82) is 0 Å². The SMILES string of the molecule is CCC(C(C)=O)(c1ccc(Cl)cc1)n1ncc2c(NC)cccc21. The molecule has 3 rings (SSSR count). The Hall–Kier alpha value is -2.33. The molecule has 1 heterocycles. The topological polar surface area (TPSA) is 46.9 Å². The lowest BCUT2D eigenvalue weighted by atomic mass is 9.83. The van der Waals surface area contributed by atoms with Gasteiger partial charge in [0.2, 0.25) is 0 Å². The molecule has 0 radical (unpaired) electrons. The average Bonchev–Trinajstić information content (AvgIpc) is 3.02. The van der Waals surface area contributed by atoms with Gasteiger partial charge >= 0.3 is 0 Å². The summed E-state index contributed by atoms with van der Waals surface area (Å²) in [6.45, 7) is 3.62. The molecule has 0 saturated heterocycles. The summed E-state index contributed by atoms with van der Waals surface area (Å²) in [5, 5.41) is 9.41. The van der Waals surface area contributed by atoms with Crippen molar-refractivity contribution in [2.75, 3.05) is 12.4 Å². The van der Waals surface area contributed by atoms with E-state index in [1.165, 1.54) is 0 Å². The monoisotopic (exact) mass is 341 g/mol. The van der Waals surface area contributed by atoms with Crippen molar-refractivity contribution in [3.05, 3.63) is 59.2 Å². The molecule has 0 amide bonds. The van der Waals surface area contributed by atoms with Crippen LogP contribution in [0.4, 0.5) is 5.69 Å². The molecular formula is C19H20ClN3O. The lowest BCUT2D eigenvalue weighted by molar-refractivity contribution is -0.124. The second-order valence-electron chi connectivity index (χ2n) is 5.82. The molecule has 4 nitrogen and oxygen atoms in total. The van der Waals surface area contributed by atoms with Gasteiger partial charge in [-0.1, -0.05) is 36.7 Å². The minimum absolute atomic E-state index is 0.0483. The molecule has 0 saturated carbocycles. The number of benzene rings is 2. The van der Waals surface area contributed by atoms with Crippen LogP contribution in [0.5, 0.6) is 0 Å². The Kier molecular flexibility index (Phi) is 4.33. The molecule has 0 aliphatic carbocycles. The molecule has 2 aromatic carbocycles. The van der Waals surface area contributed by atoms with E-state index in [1.807, 2.05) is 67.3 Å². The van der Waals surface area contributed by atoms with Crippen molar-refractivity contribution in [2.45, 2.75) is 25.8 Å². The molecule has 5 heteroatoms. The van der Waals surface area contributed by atoms with E-state index in [9.17, 15) is 4.79 Å². The normalized spacial score (nSPS) is 13.7. The largest absolute Gasteiger partial charge is 0.388 e. The van der Waals surface area contributed by atoms with Crippen LogP contribution in [-0.2, 0) is 10.3 Å². The van der Waals surface area contributed by atoms with Crippen molar-refractivity contribution >= 4 is 34.0 Å². The number of ketones is 1. The summed E-state index contributed by atoms with van der Waals surface area (Å²) in [5.74, 6) is 0.0483. The quantitative estimate of drug-likeness (QED) is 0.744. The Balaban J connectivity index is 2.32. The number of nitrogens with one attached hydrogen (secondary N) is 1. The average molecular weight is 342 g/mol. The first-order valence-electron chi connectivity index (χ1n) is 7.96. The highest BCUT2D eigenvalue weighted by atomic mass is 35.5. The van der Waals surface area contributed by atoms with Crippen LogP contribution < -0.4 is 5.32 Å². The lowest BCUT2D eigenvalue weighted by Crippen LogP contribution is -2.42. The minimum atomic E-state index is -0.849. The van der Waals surface area contributed by atoms with Gasteiger partial charge in [0.15, 0.2) is 5.78 Å². The molecule has 1 N–H and O–H groups in total. The standard InChI is InChI=1S/C19H20ClN3O/c1-4-19(13(2)24,14-8-10-15(20)11-9-14)23-18-7-5-6-17(21-3)16(18)12-22-23/h5-12,21H,4H2,1-3H3. The smallest absolute Gasteiger partial charge is 0.161 e. The van der Waals surface area contributed by atoms with Crippen LogP contribution in [0.15, 0.2) is 48.7 Å². The van der Waals surface area contributed by atoms with E-state index in [0.717, 1.165) is 22.2 Å². The first-order valence-corrected chi connectivity index (χ1v) is 8.34. The molecule has 0 fully saturated rings. The summed E-state index contributed by atoms with van der Waals surface area (Å²) in [7, 11) is 1.88. The van der Waals surface area contributed by atoms with Gasteiger partial charge in [0.1, 0.15) is 5.54 Å². The van der Waals surface area contributed by atoms with E-state index in [2.05, 4.69) is 10.4 Å². The van der Waals surface area contributed by atoms with Gasteiger partial charge in [-0.2, -0.15) is 5.10 Å². The molecule has 0 aliphatic heterocycles. The third-order valence-electron chi connectivity index (χ3n) is 4.66. The number of nitrogens with zero attached hydrogens (tertiary/aromatic N) is 2. The van der Waals surface area contributed by atoms with Crippen LogP contribution in [0.3, 0.4) is 0 Å². The van der Waals surface area contributed by atoms with Gasteiger partial charge in [0, 0.05) is 23.1 Å². The Labute approximate surface area is 146 Å². The first-order chi connectivity index (χ1) is 11.5. The first kappa shape index (κ1) is 16.5. The highest BCUT2D eigenvalue weighted by molar-refractivity contribution is 6.30. The summed E-state index contributed by atoms with van der Waals surface area (Å²) in [5.41, 5.74) is 1.96. The number of halogens is 1. The van der Waals surface area contributed by atoms with E-state index in [0.29, 0.717) is 11.4 Å². The zero-order valence-electron chi connectivity index (χ0n) is 14.0. The van der Waals surface area contributed by atoms with Crippen molar-refractivity contribution in [1.82, 2.24) is 9.78 Å². The molecule has 1 unspecified atom stereocenters. The summed E-state index contributed by atoms with van der Waals surface area (Å²) in [6, 6.07) is 13.4. The van der Waals surface area contributed by atoms with Crippen molar-refractivity contribution < 1.29 is 4.79 Å². The molecule has 3 aromatic rings. The van der Waals surface area contributed by atoms with Gasteiger partial charge in [-0.15, -0.1) is 0 Å². The number of fused-ring (bicyclic) bond motifs is 1. The zero-order chi connectivity index (χ0) is 17.3. The summed E-state index contributed by atoms with van der Waals surface area (Å²) < 4.78 is 1.84. The molecule has 1 aromatic heterocycles. The maximum Gasteiger partial charge on any atom is 0.161 e. The van der Waals surface area contributed by atoms with Crippen molar-refractivity contribution in [3.8, 4) is 0 Å². The Bertz CT molecular complexity index is 885. The second-order valence-corrected chi connectivity index (χ2v) is 6.26. The van der Waals surface area contributed by atoms with E-state index in [-0.39, 0.29) is 5.78 Å². The molecule has 124 valence electrons. The molecule has 24 heavy (non-hydrogen) atoms. The van der Waals surface area contributed by atoms with E-state index in [1.54, 1.807) is 6.92 Å². The number of rotatable bonds is 5. The number of anilines is 1. The second kappa shape index (κ2) is 6.29. The molecule has 0 bridgehead atoms. The predicted octanol–water partition coefficient (Wildman–Crippen LogP) is 4.47. The number of carbonyl (C=O) groups excluding carboxylic acids is 1. The number of carbonyl (C=O) groups is 1. The number of hydrogen-bond acceptors (Lipinski definition) is 3. The van der Waals surface area contributed by atoms with Gasteiger partial charge in [0.05, 0.1) is 11.7 Å². The maximum absolute atomic E-state index is 12.8. The summed E-state index contributed by atoms with van der Waals surface area (Å²) in [6.07, 6.45) is 2.41. The fourth-order valence-corrected chi connectivity index (χ4v) is 3.50. The van der Waals surface area contributed by atoms with Gasteiger partial charge in [-0.05, 0) is 43.2 Å². The Morgan fingerprint density at radius 2 is 1.96 bits per heavy atom. The van der Waals surface area contributed by atoms with E-state index >= 15 is 0 Å². The lowest BCUT2D eigenvalue weighted by Gasteiger charge is -2.32.